The topological polar surface area (TPSA) is 96.7 Å². The summed E-state index contributed by atoms with van der Waals surface area (Å²) < 4.78 is 5.70. The van der Waals surface area contributed by atoms with Crippen LogP contribution in [0.4, 0.5) is 0 Å². The van der Waals surface area contributed by atoms with Crippen LogP contribution in [0.1, 0.15) is 25.7 Å². The molecule has 2 rings (SSSR count). The number of hydrazine groups is 1. The molecule has 0 saturated carbocycles. The Morgan fingerprint density at radius 3 is 2.80 bits per heavy atom. The van der Waals surface area contributed by atoms with Crippen molar-refractivity contribution in [2.24, 2.45) is 11.8 Å². The minimum absolute atomic E-state index is 0.0562. The largest absolute Gasteiger partial charge is 0.364 e. The van der Waals surface area contributed by atoms with Crippen LogP contribution >= 0.6 is 0 Å². The van der Waals surface area contributed by atoms with Gasteiger partial charge in [-0.1, -0.05) is 0 Å². The van der Waals surface area contributed by atoms with E-state index in [2.05, 4.69) is 15.6 Å². The summed E-state index contributed by atoms with van der Waals surface area (Å²) in [6.07, 6.45) is 3.17. The molecule has 2 aliphatic heterocycles. The Morgan fingerprint density at radius 1 is 1.30 bits per heavy atom. The standard InChI is InChI=1S/C13H24N4O3/c1-15-12(18)9-3-2-6-17(7-9)8-10-4-5-11(20-10)13(19)16-14/h9-11H,2-8,14H2,1H3,(H,15,18)(H,16,19). The van der Waals surface area contributed by atoms with Gasteiger partial charge in [-0.2, -0.15) is 0 Å². The van der Waals surface area contributed by atoms with Gasteiger partial charge < -0.3 is 10.1 Å². The monoisotopic (exact) mass is 284 g/mol. The Hall–Kier alpha value is -1.18. The van der Waals surface area contributed by atoms with Crippen molar-refractivity contribution >= 4 is 11.8 Å². The molecule has 0 aromatic carbocycles. The first-order chi connectivity index (χ1) is 9.63. The van der Waals surface area contributed by atoms with Crippen LogP contribution in [0.25, 0.3) is 0 Å². The number of likely N-dealkylation sites (tertiary alicyclic amines) is 1. The molecule has 2 heterocycles. The Balaban J connectivity index is 1.79. The summed E-state index contributed by atoms with van der Waals surface area (Å²) in [5.41, 5.74) is 2.13. The van der Waals surface area contributed by atoms with Gasteiger partial charge in [0.1, 0.15) is 6.10 Å². The van der Waals surface area contributed by atoms with Crippen LogP contribution in [0, 0.1) is 5.92 Å². The summed E-state index contributed by atoms with van der Waals surface area (Å²) >= 11 is 0. The van der Waals surface area contributed by atoms with Crippen molar-refractivity contribution in [1.29, 1.82) is 0 Å². The molecular formula is C13H24N4O3. The van der Waals surface area contributed by atoms with Gasteiger partial charge in [-0.15, -0.1) is 0 Å². The van der Waals surface area contributed by atoms with Crippen LogP contribution in [0.15, 0.2) is 0 Å². The zero-order chi connectivity index (χ0) is 14.5. The summed E-state index contributed by atoms with van der Waals surface area (Å²) in [5.74, 6) is 5.04. The fourth-order valence-electron chi connectivity index (χ4n) is 3.05. The van der Waals surface area contributed by atoms with E-state index in [0.29, 0.717) is 6.42 Å². The number of piperidine rings is 1. The third-order valence-corrected chi connectivity index (χ3v) is 4.13. The zero-order valence-electron chi connectivity index (χ0n) is 11.9. The Labute approximate surface area is 119 Å². The lowest BCUT2D eigenvalue weighted by Gasteiger charge is -2.33. The van der Waals surface area contributed by atoms with E-state index in [1.165, 1.54) is 0 Å². The van der Waals surface area contributed by atoms with Gasteiger partial charge in [0.25, 0.3) is 5.91 Å². The molecule has 2 amide bonds. The molecule has 20 heavy (non-hydrogen) atoms. The van der Waals surface area contributed by atoms with Crippen molar-refractivity contribution in [3.05, 3.63) is 0 Å². The minimum Gasteiger partial charge on any atom is -0.364 e. The minimum atomic E-state index is -0.426. The fourth-order valence-corrected chi connectivity index (χ4v) is 3.05. The van der Waals surface area contributed by atoms with E-state index in [1.54, 1.807) is 7.05 Å². The van der Waals surface area contributed by atoms with Gasteiger partial charge in [0.2, 0.25) is 5.91 Å². The third-order valence-electron chi connectivity index (χ3n) is 4.13. The van der Waals surface area contributed by atoms with Gasteiger partial charge in [0.05, 0.1) is 12.0 Å². The van der Waals surface area contributed by atoms with Crippen LogP contribution in [-0.4, -0.2) is 55.6 Å². The maximum absolute atomic E-state index is 11.7. The highest BCUT2D eigenvalue weighted by Gasteiger charge is 2.33. The highest BCUT2D eigenvalue weighted by atomic mass is 16.5. The summed E-state index contributed by atoms with van der Waals surface area (Å²) in [5, 5.41) is 2.71. The predicted octanol–water partition coefficient (Wildman–Crippen LogP) is -1.02. The Bertz CT molecular complexity index is 364. The maximum atomic E-state index is 11.7. The molecule has 0 bridgehead atoms. The molecule has 0 aromatic rings. The Kier molecular flexibility index (Phi) is 5.33. The smallest absolute Gasteiger partial charge is 0.263 e. The molecular weight excluding hydrogens is 260 g/mol. The molecule has 2 saturated heterocycles. The van der Waals surface area contributed by atoms with Crippen LogP contribution in [0.5, 0.6) is 0 Å². The third kappa shape index (κ3) is 3.68. The Morgan fingerprint density at radius 2 is 2.10 bits per heavy atom. The number of nitrogens with two attached hydrogens (primary N) is 1. The van der Waals surface area contributed by atoms with Gasteiger partial charge in [-0.25, -0.2) is 5.84 Å². The van der Waals surface area contributed by atoms with E-state index in [-0.39, 0.29) is 23.8 Å². The first-order valence-corrected chi connectivity index (χ1v) is 7.24. The lowest BCUT2D eigenvalue weighted by Crippen LogP contribution is -2.45. The molecule has 0 radical (unpaired) electrons. The van der Waals surface area contributed by atoms with Gasteiger partial charge >= 0.3 is 0 Å². The molecule has 4 N–H and O–H groups in total. The number of hydrogen-bond donors (Lipinski definition) is 3. The zero-order valence-corrected chi connectivity index (χ0v) is 11.9. The molecule has 3 unspecified atom stereocenters. The highest BCUT2D eigenvalue weighted by molar-refractivity contribution is 5.80. The van der Waals surface area contributed by atoms with Crippen LogP contribution < -0.4 is 16.6 Å². The molecule has 0 aromatic heterocycles. The van der Waals surface area contributed by atoms with E-state index >= 15 is 0 Å². The van der Waals surface area contributed by atoms with Gasteiger partial charge in [0.15, 0.2) is 0 Å². The van der Waals surface area contributed by atoms with Crippen LogP contribution in [0.2, 0.25) is 0 Å². The van der Waals surface area contributed by atoms with Gasteiger partial charge in [-0.3, -0.25) is 19.9 Å². The van der Waals surface area contributed by atoms with Crippen LogP contribution in [0.3, 0.4) is 0 Å². The normalized spacial score (nSPS) is 31.0. The molecule has 2 fully saturated rings. The summed E-state index contributed by atoms with van der Waals surface area (Å²) in [6, 6.07) is 0. The van der Waals surface area contributed by atoms with Crippen molar-refractivity contribution in [3.63, 3.8) is 0 Å². The lowest BCUT2D eigenvalue weighted by molar-refractivity contribution is -0.132. The average Bonchev–Trinajstić information content (AvgIpc) is 2.94. The molecule has 114 valence electrons. The average molecular weight is 284 g/mol. The maximum Gasteiger partial charge on any atom is 0.263 e. The second kappa shape index (κ2) is 7.01. The van der Waals surface area contributed by atoms with Crippen molar-refractivity contribution in [3.8, 4) is 0 Å². The van der Waals surface area contributed by atoms with E-state index in [4.69, 9.17) is 10.6 Å². The number of carbonyl (C=O) groups excluding carboxylic acids is 2. The molecule has 0 aliphatic carbocycles. The quantitative estimate of drug-likeness (QED) is 0.349. The number of ether oxygens (including phenoxy) is 1. The van der Waals surface area contributed by atoms with Crippen molar-refractivity contribution < 1.29 is 14.3 Å². The number of carbonyl (C=O) groups is 2. The second-order valence-corrected chi connectivity index (χ2v) is 5.55. The number of nitrogens with zero attached hydrogens (tertiary/aromatic N) is 1. The SMILES string of the molecule is CNC(=O)C1CCCN(CC2CCC(C(=O)NN)O2)C1. The van der Waals surface area contributed by atoms with E-state index < -0.39 is 6.10 Å². The number of hydrogen-bond acceptors (Lipinski definition) is 5. The van der Waals surface area contributed by atoms with Crippen molar-refractivity contribution in [2.75, 3.05) is 26.7 Å². The number of rotatable bonds is 4. The summed E-state index contributed by atoms with van der Waals surface area (Å²) in [6.45, 7) is 2.54. The molecule has 7 nitrogen and oxygen atoms in total. The van der Waals surface area contributed by atoms with Crippen LogP contribution in [-0.2, 0) is 14.3 Å². The summed E-state index contributed by atoms with van der Waals surface area (Å²) in [4.78, 5) is 25.4. The first kappa shape index (κ1) is 15.2. The number of nitrogens with one attached hydrogen (secondary N) is 2. The highest BCUT2D eigenvalue weighted by Crippen LogP contribution is 2.23. The van der Waals surface area contributed by atoms with Gasteiger partial charge in [0, 0.05) is 20.1 Å². The van der Waals surface area contributed by atoms with Gasteiger partial charge in [-0.05, 0) is 32.2 Å². The molecule has 3 atom stereocenters. The van der Waals surface area contributed by atoms with E-state index in [0.717, 1.165) is 38.9 Å². The summed E-state index contributed by atoms with van der Waals surface area (Å²) in [7, 11) is 1.68. The van der Waals surface area contributed by atoms with Crippen molar-refractivity contribution in [2.45, 2.75) is 37.9 Å². The number of amides is 2. The predicted molar refractivity (Wildman–Crippen MR) is 73.5 cm³/mol. The second-order valence-electron chi connectivity index (χ2n) is 5.55. The first-order valence-electron chi connectivity index (χ1n) is 7.24. The van der Waals surface area contributed by atoms with E-state index in [1.807, 2.05) is 0 Å². The van der Waals surface area contributed by atoms with E-state index in [9.17, 15) is 9.59 Å². The molecule has 0 spiro atoms. The molecule has 7 heteroatoms. The fraction of sp³-hybridized carbons (Fsp3) is 0.846. The molecule has 2 aliphatic rings. The lowest BCUT2D eigenvalue weighted by atomic mass is 9.97. The van der Waals surface area contributed by atoms with Crippen molar-refractivity contribution in [1.82, 2.24) is 15.6 Å².